The van der Waals surface area contributed by atoms with Crippen molar-refractivity contribution in [3.63, 3.8) is 0 Å². The number of azide groups is 1. The van der Waals surface area contributed by atoms with Crippen LogP contribution in [0.2, 0.25) is 0 Å². The molecule has 5 nitrogen and oxygen atoms in total. The standard InChI is InChI=1S/C7H10N4OS/c1-6-5-12-7(10-6)13-4-2-3-9-11-8/h5H,2-4H2,1H3. The third-order valence-electron chi connectivity index (χ3n) is 1.29. The first-order chi connectivity index (χ1) is 6.33. The predicted molar refractivity (Wildman–Crippen MR) is 50.6 cm³/mol. The Balaban J connectivity index is 2.16. The molecule has 1 aromatic heterocycles. The largest absolute Gasteiger partial charge is 0.440 e. The van der Waals surface area contributed by atoms with E-state index in [1.165, 1.54) is 11.8 Å². The van der Waals surface area contributed by atoms with Gasteiger partial charge in [0.2, 0.25) is 0 Å². The van der Waals surface area contributed by atoms with Crippen LogP contribution in [0.25, 0.3) is 10.4 Å². The topological polar surface area (TPSA) is 74.8 Å². The summed E-state index contributed by atoms with van der Waals surface area (Å²) in [5.74, 6) is 0.860. The number of rotatable bonds is 5. The number of thioether (sulfide) groups is 1. The zero-order valence-electron chi connectivity index (χ0n) is 7.30. The van der Waals surface area contributed by atoms with Crippen LogP contribution >= 0.6 is 11.8 Å². The van der Waals surface area contributed by atoms with Gasteiger partial charge in [0.25, 0.3) is 5.22 Å². The molecule has 0 amide bonds. The Hall–Kier alpha value is -1.13. The van der Waals surface area contributed by atoms with E-state index in [9.17, 15) is 0 Å². The van der Waals surface area contributed by atoms with E-state index in [1.807, 2.05) is 6.92 Å². The molecule has 1 heterocycles. The quantitative estimate of drug-likeness (QED) is 0.240. The molecule has 0 atom stereocenters. The second-order valence-corrected chi connectivity index (χ2v) is 3.46. The molecule has 1 aromatic rings. The van der Waals surface area contributed by atoms with Crippen molar-refractivity contribution in [2.75, 3.05) is 12.3 Å². The van der Waals surface area contributed by atoms with Crippen molar-refractivity contribution < 1.29 is 4.42 Å². The van der Waals surface area contributed by atoms with Gasteiger partial charge in [-0.25, -0.2) is 4.98 Å². The van der Waals surface area contributed by atoms with Gasteiger partial charge in [-0.3, -0.25) is 0 Å². The van der Waals surface area contributed by atoms with Crippen LogP contribution in [0.5, 0.6) is 0 Å². The van der Waals surface area contributed by atoms with Gasteiger partial charge in [0.1, 0.15) is 6.26 Å². The molecule has 0 saturated heterocycles. The molecule has 0 spiro atoms. The molecule has 0 aliphatic carbocycles. The maximum absolute atomic E-state index is 8.01. The van der Waals surface area contributed by atoms with Gasteiger partial charge in [0, 0.05) is 17.2 Å². The zero-order chi connectivity index (χ0) is 9.52. The molecule has 0 aliphatic rings. The number of nitrogens with zero attached hydrogens (tertiary/aromatic N) is 4. The van der Waals surface area contributed by atoms with Gasteiger partial charge in [0.05, 0.1) is 5.69 Å². The average molecular weight is 198 g/mol. The molecule has 1 rings (SSSR count). The molecule has 0 unspecified atom stereocenters. The fourth-order valence-electron chi connectivity index (χ4n) is 0.738. The SMILES string of the molecule is Cc1coc(SCCCN=[N+]=[N-])n1. The van der Waals surface area contributed by atoms with Crippen molar-refractivity contribution in [1.29, 1.82) is 0 Å². The Bertz CT molecular complexity index is 305. The van der Waals surface area contributed by atoms with E-state index < -0.39 is 0 Å². The Labute approximate surface area is 80.2 Å². The molecule has 0 radical (unpaired) electrons. The minimum atomic E-state index is 0.531. The van der Waals surface area contributed by atoms with Gasteiger partial charge < -0.3 is 4.42 Å². The minimum Gasteiger partial charge on any atom is -0.440 e. The molecule has 6 heteroatoms. The minimum absolute atomic E-state index is 0.531. The van der Waals surface area contributed by atoms with Crippen molar-refractivity contribution in [2.24, 2.45) is 5.11 Å². The fraction of sp³-hybridized carbons (Fsp3) is 0.571. The highest BCUT2D eigenvalue weighted by Crippen LogP contribution is 2.17. The summed E-state index contributed by atoms with van der Waals surface area (Å²) in [5.41, 5.74) is 8.89. The summed E-state index contributed by atoms with van der Waals surface area (Å²) in [5, 5.41) is 4.10. The van der Waals surface area contributed by atoms with Crippen molar-refractivity contribution in [3.05, 3.63) is 22.4 Å². The Morgan fingerprint density at radius 2 is 2.62 bits per heavy atom. The molecule has 13 heavy (non-hydrogen) atoms. The molecular weight excluding hydrogens is 188 g/mol. The van der Waals surface area contributed by atoms with Crippen molar-refractivity contribution in [1.82, 2.24) is 4.98 Å². The smallest absolute Gasteiger partial charge is 0.255 e. The predicted octanol–water partition coefficient (Wildman–Crippen LogP) is 2.78. The molecule has 0 fully saturated rings. The van der Waals surface area contributed by atoms with Gasteiger partial charge in [0.15, 0.2) is 0 Å². The lowest BCUT2D eigenvalue weighted by atomic mass is 10.5. The van der Waals surface area contributed by atoms with Gasteiger partial charge in [-0.2, -0.15) is 0 Å². The third-order valence-corrected chi connectivity index (χ3v) is 2.22. The van der Waals surface area contributed by atoms with Crippen LogP contribution < -0.4 is 0 Å². The number of oxazole rings is 1. The molecule has 0 saturated carbocycles. The summed E-state index contributed by atoms with van der Waals surface area (Å²) in [6.45, 7) is 2.41. The Morgan fingerprint density at radius 3 is 3.23 bits per heavy atom. The molecule has 0 aromatic carbocycles. The lowest BCUT2D eigenvalue weighted by Crippen LogP contribution is -1.83. The highest BCUT2D eigenvalue weighted by atomic mass is 32.2. The maximum atomic E-state index is 8.01. The Morgan fingerprint density at radius 1 is 1.77 bits per heavy atom. The van der Waals surface area contributed by atoms with Crippen LogP contribution in [0.1, 0.15) is 12.1 Å². The summed E-state index contributed by atoms with van der Waals surface area (Å²) in [7, 11) is 0. The first-order valence-corrected chi connectivity index (χ1v) is 4.87. The van der Waals surface area contributed by atoms with Crippen LogP contribution in [0.3, 0.4) is 0 Å². The van der Waals surface area contributed by atoms with Crippen LogP contribution in [0.4, 0.5) is 0 Å². The molecule has 0 bridgehead atoms. The summed E-state index contributed by atoms with van der Waals surface area (Å²) >= 11 is 1.53. The summed E-state index contributed by atoms with van der Waals surface area (Å²) in [4.78, 5) is 6.78. The third kappa shape index (κ3) is 3.87. The van der Waals surface area contributed by atoms with Gasteiger partial charge in [-0.1, -0.05) is 16.9 Å². The highest BCUT2D eigenvalue weighted by Gasteiger charge is 1.99. The van der Waals surface area contributed by atoms with Crippen LogP contribution in [-0.4, -0.2) is 17.3 Å². The number of hydrogen-bond acceptors (Lipinski definition) is 4. The van der Waals surface area contributed by atoms with Gasteiger partial charge >= 0.3 is 0 Å². The lowest BCUT2D eigenvalue weighted by molar-refractivity contribution is 0.454. The first kappa shape index (κ1) is 9.95. The number of aromatic nitrogens is 1. The van der Waals surface area contributed by atoms with Crippen LogP contribution in [-0.2, 0) is 0 Å². The molecule has 0 N–H and O–H groups in total. The number of hydrogen-bond donors (Lipinski definition) is 0. The maximum Gasteiger partial charge on any atom is 0.255 e. The van der Waals surface area contributed by atoms with Crippen molar-refractivity contribution in [2.45, 2.75) is 18.6 Å². The first-order valence-electron chi connectivity index (χ1n) is 3.88. The summed E-state index contributed by atoms with van der Waals surface area (Å²) in [6, 6.07) is 0. The van der Waals surface area contributed by atoms with E-state index in [0.29, 0.717) is 11.8 Å². The summed E-state index contributed by atoms with van der Waals surface area (Å²) in [6.07, 6.45) is 2.46. The Kier molecular flexibility index (Phi) is 4.21. The van der Waals surface area contributed by atoms with Gasteiger partial charge in [-0.05, 0) is 18.9 Å². The van der Waals surface area contributed by atoms with Gasteiger partial charge in [-0.15, -0.1) is 0 Å². The van der Waals surface area contributed by atoms with E-state index in [4.69, 9.17) is 9.95 Å². The van der Waals surface area contributed by atoms with Crippen LogP contribution in [0.15, 0.2) is 21.0 Å². The van der Waals surface area contributed by atoms with Crippen molar-refractivity contribution in [3.8, 4) is 0 Å². The molecular formula is C7H10N4OS. The molecule has 0 aliphatic heterocycles. The van der Waals surface area contributed by atoms with E-state index >= 15 is 0 Å². The second kappa shape index (κ2) is 5.50. The lowest BCUT2D eigenvalue weighted by Gasteiger charge is -1.92. The van der Waals surface area contributed by atoms with Crippen LogP contribution in [0, 0.1) is 6.92 Å². The monoisotopic (exact) mass is 198 g/mol. The highest BCUT2D eigenvalue weighted by molar-refractivity contribution is 7.99. The zero-order valence-corrected chi connectivity index (χ0v) is 8.12. The average Bonchev–Trinajstić information content (AvgIpc) is 2.51. The van der Waals surface area contributed by atoms with E-state index in [1.54, 1.807) is 6.26 Å². The second-order valence-electron chi connectivity index (χ2n) is 2.41. The molecule has 70 valence electrons. The fourth-order valence-corrected chi connectivity index (χ4v) is 1.51. The van der Waals surface area contributed by atoms with Crippen molar-refractivity contribution >= 4 is 11.8 Å². The normalized spacial score (nSPS) is 9.62. The summed E-state index contributed by atoms with van der Waals surface area (Å²) < 4.78 is 5.12. The number of aryl methyl sites for hydroxylation is 1. The van der Waals surface area contributed by atoms with E-state index in [2.05, 4.69) is 15.0 Å². The van der Waals surface area contributed by atoms with E-state index in [0.717, 1.165) is 17.9 Å². The van der Waals surface area contributed by atoms with E-state index in [-0.39, 0.29) is 0 Å².